The third-order valence-electron chi connectivity index (χ3n) is 6.72. The molecule has 1 aliphatic heterocycles. The van der Waals surface area contributed by atoms with E-state index in [4.69, 9.17) is 4.98 Å². The van der Waals surface area contributed by atoms with Crippen molar-refractivity contribution in [2.24, 2.45) is 0 Å². The van der Waals surface area contributed by atoms with Crippen LogP contribution >= 0.6 is 12.4 Å². The molecule has 1 aromatic carbocycles. The first-order valence-corrected chi connectivity index (χ1v) is 12.3. The van der Waals surface area contributed by atoms with Crippen molar-refractivity contribution < 1.29 is 4.79 Å². The molecule has 12 heteroatoms. The minimum absolute atomic E-state index is 0. The van der Waals surface area contributed by atoms with E-state index in [-0.39, 0.29) is 29.9 Å². The second-order valence-corrected chi connectivity index (χ2v) is 9.24. The summed E-state index contributed by atoms with van der Waals surface area (Å²) in [5.74, 6) is 1.07. The number of carbonyl (C=O) groups is 1. The Morgan fingerprint density at radius 2 is 2.05 bits per heavy atom. The number of imidazole rings is 1. The number of hydrogen-bond acceptors (Lipinski definition) is 9. The zero-order valence-corrected chi connectivity index (χ0v) is 22.1. The Kier molecular flexibility index (Phi) is 7.06. The Balaban J connectivity index is 0.00000308. The summed E-state index contributed by atoms with van der Waals surface area (Å²) in [6.45, 7) is 4.29. The van der Waals surface area contributed by atoms with E-state index in [1.165, 1.54) is 6.92 Å². The van der Waals surface area contributed by atoms with Gasteiger partial charge in [0, 0.05) is 16.9 Å². The van der Waals surface area contributed by atoms with E-state index >= 15 is 0 Å². The van der Waals surface area contributed by atoms with Crippen molar-refractivity contribution in [1.29, 1.82) is 5.26 Å². The molecule has 4 aromatic heterocycles. The van der Waals surface area contributed by atoms with Gasteiger partial charge >= 0.3 is 0 Å². The molecular formula is C27H25ClN10O. The highest BCUT2D eigenvalue weighted by Crippen LogP contribution is 2.30. The Hall–Kier alpha value is -4.66. The lowest BCUT2D eigenvalue weighted by Crippen LogP contribution is -2.14. The van der Waals surface area contributed by atoms with E-state index in [1.54, 1.807) is 25.4 Å². The van der Waals surface area contributed by atoms with Gasteiger partial charge in [0.1, 0.15) is 18.2 Å². The number of aromatic nitrogens is 7. The molecule has 1 saturated heterocycles. The SMILES string of the molecule is CC(=O)c1ccc(-n2cnc3cc(Nc4ccc([C@H]5CCCN5)nn4)ccc32)nc1-c1c(C#N)n[nH]c1C.Cl. The third kappa shape index (κ3) is 4.83. The monoisotopic (exact) mass is 540 g/mol. The van der Waals surface area contributed by atoms with Crippen LogP contribution in [0, 0.1) is 18.3 Å². The number of H-pyrrole nitrogens is 1. The number of nitrogens with zero attached hydrogens (tertiary/aromatic N) is 7. The first-order valence-electron chi connectivity index (χ1n) is 12.3. The molecule has 39 heavy (non-hydrogen) atoms. The predicted octanol–water partition coefficient (Wildman–Crippen LogP) is 4.57. The fourth-order valence-electron chi connectivity index (χ4n) is 4.81. The summed E-state index contributed by atoms with van der Waals surface area (Å²) in [5.41, 5.74) is 5.58. The molecule has 0 aliphatic carbocycles. The molecule has 5 aromatic rings. The number of nitrogens with one attached hydrogen (secondary N) is 3. The summed E-state index contributed by atoms with van der Waals surface area (Å²) < 4.78 is 1.84. The number of pyridine rings is 1. The molecule has 0 bridgehead atoms. The number of benzene rings is 1. The van der Waals surface area contributed by atoms with Gasteiger partial charge < -0.3 is 10.6 Å². The van der Waals surface area contributed by atoms with Crippen molar-refractivity contribution in [3.05, 3.63) is 71.4 Å². The summed E-state index contributed by atoms with van der Waals surface area (Å²) in [6, 6.07) is 15.6. The Morgan fingerprint density at radius 3 is 2.77 bits per heavy atom. The van der Waals surface area contributed by atoms with Crippen LogP contribution in [0.4, 0.5) is 11.5 Å². The molecule has 11 nitrogen and oxygen atoms in total. The van der Waals surface area contributed by atoms with Crippen LogP contribution in [0.3, 0.4) is 0 Å². The highest BCUT2D eigenvalue weighted by Gasteiger charge is 2.21. The van der Waals surface area contributed by atoms with Crippen molar-refractivity contribution in [2.75, 3.05) is 11.9 Å². The van der Waals surface area contributed by atoms with Crippen molar-refractivity contribution in [3.8, 4) is 23.1 Å². The minimum Gasteiger partial charge on any atom is -0.339 e. The quantitative estimate of drug-likeness (QED) is 0.263. The summed E-state index contributed by atoms with van der Waals surface area (Å²) in [5, 5.41) is 31.8. The van der Waals surface area contributed by atoms with Crippen LogP contribution in [0.5, 0.6) is 0 Å². The van der Waals surface area contributed by atoms with E-state index in [9.17, 15) is 10.1 Å². The van der Waals surface area contributed by atoms with E-state index in [0.717, 1.165) is 41.8 Å². The van der Waals surface area contributed by atoms with E-state index < -0.39 is 0 Å². The second-order valence-electron chi connectivity index (χ2n) is 9.24. The smallest absolute Gasteiger partial charge is 0.171 e. The molecule has 5 heterocycles. The van der Waals surface area contributed by atoms with Crippen molar-refractivity contribution in [3.63, 3.8) is 0 Å². The molecule has 3 N–H and O–H groups in total. The largest absolute Gasteiger partial charge is 0.339 e. The number of anilines is 2. The molecular weight excluding hydrogens is 516 g/mol. The number of nitriles is 1. The maximum Gasteiger partial charge on any atom is 0.171 e. The average Bonchev–Trinajstić information content (AvgIpc) is 3.68. The minimum atomic E-state index is -0.148. The summed E-state index contributed by atoms with van der Waals surface area (Å²) in [6.07, 6.45) is 3.92. The normalized spacial score (nSPS) is 14.6. The molecule has 1 aliphatic rings. The zero-order valence-electron chi connectivity index (χ0n) is 21.3. The van der Waals surface area contributed by atoms with Crippen LogP contribution < -0.4 is 10.6 Å². The van der Waals surface area contributed by atoms with Gasteiger partial charge in [-0.1, -0.05) is 0 Å². The maximum atomic E-state index is 12.4. The van der Waals surface area contributed by atoms with Crippen LogP contribution in [0.25, 0.3) is 28.1 Å². The maximum absolute atomic E-state index is 12.4. The lowest BCUT2D eigenvalue weighted by molar-refractivity contribution is 0.101. The standard InChI is InChI=1S/C27H24N10O.ClH/c1-15-26(22(13-28)35-33-15)27-18(16(2)38)6-10-25(32-27)37-14-30-21-12-17(5-8-23(21)37)31-24-9-7-20(34-36-24)19-4-3-11-29-19;/h5-10,12,14,19,29H,3-4,11H2,1-2H3,(H,31,36)(H,33,35);1H/t19-;/m1./s1. The topological polar surface area (TPSA) is 150 Å². The fraction of sp³-hybridized carbons (Fsp3) is 0.222. The van der Waals surface area contributed by atoms with Gasteiger partial charge in [0.05, 0.1) is 34.0 Å². The van der Waals surface area contributed by atoms with E-state index in [0.29, 0.717) is 34.2 Å². The number of aryl methyl sites for hydroxylation is 1. The molecule has 196 valence electrons. The van der Waals surface area contributed by atoms with Crippen LogP contribution in [-0.2, 0) is 0 Å². The number of fused-ring (bicyclic) bond motifs is 1. The number of halogens is 1. The molecule has 0 saturated carbocycles. The molecule has 0 spiro atoms. The number of carbonyl (C=O) groups excluding carboxylic acids is 1. The molecule has 0 radical (unpaired) electrons. The van der Waals surface area contributed by atoms with Crippen LogP contribution in [0.15, 0.2) is 48.8 Å². The van der Waals surface area contributed by atoms with Gasteiger partial charge in [-0.15, -0.1) is 17.5 Å². The molecule has 6 rings (SSSR count). The number of hydrogen-bond donors (Lipinski definition) is 3. The third-order valence-corrected chi connectivity index (χ3v) is 6.72. The second kappa shape index (κ2) is 10.6. The fourth-order valence-corrected chi connectivity index (χ4v) is 4.81. The van der Waals surface area contributed by atoms with Gasteiger partial charge in [0.25, 0.3) is 0 Å². The Labute approximate surface area is 230 Å². The predicted molar refractivity (Wildman–Crippen MR) is 148 cm³/mol. The van der Waals surface area contributed by atoms with E-state index in [2.05, 4.69) is 42.1 Å². The van der Waals surface area contributed by atoms with Gasteiger partial charge in [0.15, 0.2) is 17.3 Å². The Morgan fingerprint density at radius 1 is 1.18 bits per heavy atom. The van der Waals surface area contributed by atoms with Gasteiger partial charge in [-0.2, -0.15) is 15.5 Å². The van der Waals surface area contributed by atoms with Crippen LogP contribution in [0.1, 0.15) is 53.2 Å². The number of aromatic amines is 1. The van der Waals surface area contributed by atoms with Crippen molar-refractivity contribution in [2.45, 2.75) is 32.7 Å². The highest BCUT2D eigenvalue weighted by atomic mass is 35.5. The first-order chi connectivity index (χ1) is 18.5. The van der Waals surface area contributed by atoms with Crippen molar-refractivity contribution >= 4 is 40.7 Å². The molecule has 1 fully saturated rings. The number of ketones is 1. The zero-order chi connectivity index (χ0) is 26.2. The molecule has 1 atom stereocenters. The Bertz CT molecular complexity index is 1710. The summed E-state index contributed by atoms with van der Waals surface area (Å²) in [4.78, 5) is 21.7. The van der Waals surface area contributed by atoms with Gasteiger partial charge in [0.2, 0.25) is 0 Å². The van der Waals surface area contributed by atoms with Gasteiger partial charge in [-0.25, -0.2) is 9.97 Å². The van der Waals surface area contributed by atoms with Crippen LogP contribution in [0.2, 0.25) is 0 Å². The average molecular weight is 541 g/mol. The lowest BCUT2D eigenvalue weighted by atomic mass is 10.0. The number of Topliss-reactive ketones (excluding diaryl/α,β-unsaturated/α-hetero) is 1. The van der Waals surface area contributed by atoms with E-state index in [1.807, 2.05) is 34.9 Å². The first kappa shape index (κ1) is 26.0. The summed E-state index contributed by atoms with van der Waals surface area (Å²) in [7, 11) is 0. The molecule has 0 unspecified atom stereocenters. The highest BCUT2D eigenvalue weighted by molar-refractivity contribution is 6.00. The van der Waals surface area contributed by atoms with Gasteiger partial charge in [-0.3, -0.25) is 14.5 Å². The van der Waals surface area contributed by atoms with Crippen molar-refractivity contribution in [1.82, 2.24) is 40.2 Å². The summed E-state index contributed by atoms with van der Waals surface area (Å²) >= 11 is 0. The van der Waals surface area contributed by atoms with Crippen LogP contribution in [-0.4, -0.2) is 47.3 Å². The van der Waals surface area contributed by atoms with Gasteiger partial charge in [-0.05, 0) is 75.7 Å². The lowest BCUT2D eigenvalue weighted by Gasteiger charge is -2.11. The molecule has 0 amide bonds. The number of rotatable bonds is 6.